The van der Waals surface area contributed by atoms with Crippen LogP contribution >= 0.6 is 0 Å². The molecule has 1 aliphatic heterocycles. The van der Waals surface area contributed by atoms with E-state index < -0.39 is 15.9 Å². The maximum absolute atomic E-state index is 12.6. The summed E-state index contributed by atoms with van der Waals surface area (Å²) >= 11 is 0. The fraction of sp³-hybridized carbons (Fsp3) is 0.300. The van der Waals surface area contributed by atoms with Crippen LogP contribution in [0.4, 0.5) is 5.69 Å². The SMILES string of the molecule is CNS(=O)(=O)c1cccc(C(=O)Nc2ccccc2C(=O)NC[C@H]2CCCO2)c1. The van der Waals surface area contributed by atoms with Gasteiger partial charge in [0.2, 0.25) is 10.0 Å². The number of amides is 2. The van der Waals surface area contributed by atoms with Crippen LogP contribution in [0.25, 0.3) is 0 Å². The van der Waals surface area contributed by atoms with E-state index in [4.69, 9.17) is 4.74 Å². The molecule has 1 fully saturated rings. The smallest absolute Gasteiger partial charge is 0.255 e. The van der Waals surface area contributed by atoms with Crippen LogP contribution < -0.4 is 15.4 Å². The number of hydrogen-bond acceptors (Lipinski definition) is 5. The molecule has 1 heterocycles. The minimum absolute atomic E-state index is 0.0116. The van der Waals surface area contributed by atoms with Gasteiger partial charge in [-0.05, 0) is 50.2 Å². The van der Waals surface area contributed by atoms with E-state index in [1.807, 2.05) is 0 Å². The van der Waals surface area contributed by atoms with Crippen molar-refractivity contribution < 1.29 is 22.7 Å². The average molecular weight is 417 g/mol. The molecule has 3 rings (SSSR count). The zero-order valence-electron chi connectivity index (χ0n) is 16.0. The largest absolute Gasteiger partial charge is 0.376 e. The molecule has 8 nitrogen and oxygen atoms in total. The highest BCUT2D eigenvalue weighted by Crippen LogP contribution is 2.18. The topological polar surface area (TPSA) is 114 Å². The summed E-state index contributed by atoms with van der Waals surface area (Å²) in [5.74, 6) is -0.833. The molecule has 0 radical (unpaired) electrons. The summed E-state index contributed by atoms with van der Waals surface area (Å²) in [6.07, 6.45) is 1.90. The number of para-hydroxylation sites is 1. The number of benzene rings is 2. The van der Waals surface area contributed by atoms with E-state index in [-0.39, 0.29) is 22.5 Å². The molecular formula is C20H23N3O5S. The maximum Gasteiger partial charge on any atom is 0.255 e. The summed E-state index contributed by atoms with van der Waals surface area (Å²) in [6, 6.07) is 12.3. The molecule has 2 aromatic carbocycles. The van der Waals surface area contributed by atoms with Gasteiger partial charge in [-0.25, -0.2) is 13.1 Å². The van der Waals surface area contributed by atoms with Gasteiger partial charge in [-0.1, -0.05) is 18.2 Å². The monoisotopic (exact) mass is 417 g/mol. The first-order valence-corrected chi connectivity index (χ1v) is 10.7. The first kappa shape index (κ1) is 21.0. The number of ether oxygens (including phenoxy) is 1. The number of nitrogens with one attached hydrogen (secondary N) is 3. The van der Waals surface area contributed by atoms with Crippen molar-refractivity contribution in [2.24, 2.45) is 0 Å². The normalized spacial score (nSPS) is 16.4. The molecule has 0 aromatic heterocycles. The third kappa shape index (κ3) is 5.20. The van der Waals surface area contributed by atoms with Gasteiger partial charge in [0.25, 0.3) is 11.8 Å². The quantitative estimate of drug-likeness (QED) is 0.635. The highest BCUT2D eigenvalue weighted by atomic mass is 32.2. The van der Waals surface area contributed by atoms with Crippen LogP contribution in [0.15, 0.2) is 53.4 Å². The number of carbonyl (C=O) groups is 2. The Hall–Kier alpha value is -2.75. The summed E-state index contributed by atoms with van der Waals surface area (Å²) in [5, 5.41) is 5.51. The Bertz CT molecular complexity index is 1000. The van der Waals surface area contributed by atoms with Crippen LogP contribution in [-0.2, 0) is 14.8 Å². The first-order chi connectivity index (χ1) is 13.9. The fourth-order valence-electron chi connectivity index (χ4n) is 3.01. The second-order valence-electron chi connectivity index (χ2n) is 6.58. The van der Waals surface area contributed by atoms with Crippen LogP contribution in [0.1, 0.15) is 33.6 Å². The van der Waals surface area contributed by atoms with Crippen molar-refractivity contribution in [2.75, 3.05) is 25.5 Å². The van der Waals surface area contributed by atoms with Crippen LogP contribution in [0.3, 0.4) is 0 Å². The molecule has 0 spiro atoms. The minimum Gasteiger partial charge on any atom is -0.376 e. The molecule has 0 bridgehead atoms. The van der Waals surface area contributed by atoms with Gasteiger partial charge < -0.3 is 15.4 Å². The molecule has 2 aromatic rings. The molecule has 1 aliphatic rings. The van der Waals surface area contributed by atoms with Crippen LogP contribution in [0.5, 0.6) is 0 Å². The Kier molecular flexibility index (Phi) is 6.63. The van der Waals surface area contributed by atoms with Crippen LogP contribution in [-0.4, -0.2) is 46.5 Å². The van der Waals surface area contributed by atoms with Gasteiger partial charge in [-0.15, -0.1) is 0 Å². The van der Waals surface area contributed by atoms with Crippen molar-refractivity contribution in [1.29, 1.82) is 0 Å². The maximum atomic E-state index is 12.6. The summed E-state index contributed by atoms with van der Waals surface area (Å²) < 4.78 is 31.6. The highest BCUT2D eigenvalue weighted by molar-refractivity contribution is 7.89. The van der Waals surface area contributed by atoms with Gasteiger partial charge in [0.1, 0.15) is 0 Å². The predicted octanol–water partition coefficient (Wildman–Crippen LogP) is 1.76. The van der Waals surface area contributed by atoms with E-state index in [2.05, 4.69) is 15.4 Å². The zero-order chi connectivity index (χ0) is 20.9. The molecular weight excluding hydrogens is 394 g/mol. The van der Waals surface area contributed by atoms with E-state index >= 15 is 0 Å². The van der Waals surface area contributed by atoms with Gasteiger partial charge >= 0.3 is 0 Å². The van der Waals surface area contributed by atoms with Crippen molar-refractivity contribution in [2.45, 2.75) is 23.8 Å². The second kappa shape index (κ2) is 9.17. The standard InChI is InChI=1S/C20H23N3O5S/c1-21-29(26,27)16-8-4-6-14(12-16)19(24)23-18-10-3-2-9-17(18)20(25)22-13-15-7-5-11-28-15/h2-4,6,8-10,12,15,21H,5,7,11,13H2,1H3,(H,22,25)(H,23,24)/t15-/m1/s1. The number of rotatable bonds is 7. The van der Waals surface area contributed by atoms with E-state index in [0.717, 1.165) is 12.8 Å². The predicted molar refractivity (Wildman–Crippen MR) is 108 cm³/mol. The molecule has 9 heteroatoms. The Morgan fingerprint density at radius 2 is 1.90 bits per heavy atom. The van der Waals surface area contributed by atoms with Crippen molar-refractivity contribution >= 4 is 27.5 Å². The summed E-state index contributed by atoms with van der Waals surface area (Å²) in [5.41, 5.74) is 0.818. The van der Waals surface area contributed by atoms with E-state index in [1.54, 1.807) is 24.3 Å². The highest BCUT2D eigenvalue weighted by Gasteiger charge is 2.19. The zero-order valence-corrected chi connectivity index (χ0v) is 16.8. The molecule has 154 valence electrons. The Morgan fingerprint density at radius 1 is 1.10 bits per heavy atom. The van der Waals surface area contributed by atoms with Crippen molar-refractivity contribution in [3.05, 3.63) is 59.7 Å². The average Bonchev–Trinajstić information content (AvgIpc) is 3.26. The van der Waals surface area contributed by atoms with Gasteiger partial charge in [-0.3, -0.25) is 9.59 Å². The molecule has 0 unspecified atom stereocenters. The first-order valence-electron chi connectivity index (χ1n) is 9.24. The third-order valence-electron chi connectivity index (χ3n) is 4.61. The van der Waals surface area contributed by atoms with Gasteiger partial charge in [0.15, 0.2) is 0 Å². The fourth-order valence-corrected chi connectivity index (χ4v) is 3.79. The Morgan fingerprint density at radius 3 is 2.62 bits per heavy atom. The lowest BCUT2D eigenvalue weighted by Gasteiger charge is -2.14. The molecule has 0 saturated carbocycles. The molecule has 1 atom stereocenters. The molecule has 29 heavy (non-hydrogen) atoms. The molecule has 2 amide bonds. The number of sulfonamides is 1. The molecule has 3 N–H and O–H groups in total. The number of carbonyl (C=O) groups excluding carboxylic acids is 2. The van der Waals surface area contributed by atoms with Gasteiger partial charge in [0, 0.05) is 18.7 Å². The van der Waals surface area contributed by atoms with Crippen molar-refractivity contribution in [3.63, 3.8) is 0 Å². The van der Waals surface area contributed by atoms with E-state index in [9.17, 15) is 18.0 Å². The summed E-state index contributed by atoms with van der Waals surface area (Å²) in [7, 11) is -2.37. The van der Waals surface area contributed by atoms with Crippen LogP contribution in [0.2, 0.25) is 0 Å². The van der Waals surface area contributed by atoms with Gasteiger partial charge in [0.05, 0.1) is 22.3 Å². The van der Waals surface area contributed by atoms with Crippen molar-refractivity contribution in [1.82, 2.24) is 10.0 Å². The van der Waals surface area contributed by atoms with Gasteiger partial charge in [-0.2, -0.15) is 0 Å². The lowest BCUT2D eigenvalue weighted by molar-refractivity contribution is 0.0858. The van der Waals surface area contributed by atoms with Crippen molar-refractivity contribution in [3.8, 4) is 0 Å². The second-order valence-corrected chi connectivity index (χ2v) is 8.47. The lowest BCUT2D eigenvalue weighted by Crippen LogP contribution is -2.32. The van der Waals surface area contributed by atoms with E-state index in [1.165, 1.54) is 31.3 Å². The minimum atomic E-state index is -3.67. The third-order valence-corrected chi connectivity index (χ3v) is 6.02. The number of anilines is 1. The lowest BCUT2D eigenvalue weighted by atomic mass is 10.1. The summed E-state index contributed by atoms with van der Waals surface area (Å²) in [4.78, 5) is 25.2. The Labute approximate surface area is 169 Å². The molecule has 0 aliphatic carbocycles. The summed E-state index contributed by atoms with van der Waals surface area (Å²) in [6.45, 7) is 1.11. The van der Waals surface area contributed by atoms with E-state index in [0.29, 0.717) is 24.4 Å². The van der Waals surface area contributed by atoms with Crippen LogP contribution in [0, 0.1) is 0 Å². The number of hydrogen-bond donors (Lipinski definition) is 3. The molecule has 1 saturated heterocycles. The Balaban J connectivity index is 1.74.